The molecule has 0 radical (unpaired) electrons. The largest absolute Gasteiger partial charge is 0.394 e. The fourth-order valence-corrected chi connectivity index (χ4v) is 2.47. The highest BCUT2D eigenvalue weighted by Crippen LogP contribution is 2.22. The molecule has 0 aromatic heterocycles. The predicted molar refractivity (Wildman–Crippen MR) is 79.3 cm³/mol. The molecule has 138 valence electrons. The first-order valence-corrected chi connectivity index (χ1v) is 7.48. The summed E-state index contributed by atoms with van der Waals surface area (Å²) in [6.07, 6.45) is -6.04. The smallest absolute Gasteiger partial charge is 0.258 e. The van der Waals surface area contributed by atoms with Crippen LogP contribution in [0.2, 0.25) is 0 Å². The summed E-state index contributed by atoms with van der Waals surface area (Å²) < 4.78 is 10.3. The number of amides is 2. The van der Waals surface area contributed by atoms with Crippen molar-refractivity contribution in [2.45, 2.75) is 63.6 Å². The normalized spacial score (nSPS) is 32.7. The van der Waals surface area contributed by atoms with E-state index in [1.807, 2.05) is 0 Å². The van der Waals surface area contributed by atoms with Gasteiger partial charge in [0.25, 0.3) is 5.91 Å². The topological polar surface area (TPSA) is 160 Å². The minimum absolute atomic E-state index is 0.437. The van der Waals surface area contributed by atoms with Gasteiger partial charge in [0, 0.05) is 6.92 Å². The summed E-state index contributed by atoms with van der Waals surface area (Å²) in [5.41, 5.74) is 5.71. The molecule has 2 amide bonds. The summed E-state index contributed by atoms with van der Waals surface area (Å²) in [6, 6.07) is -2.16. The number of ether oxygens (including phenoxy) is 2. The van der Waals surface area contributed by atoms with E-state index in [2.05, 4.69) is 0 Å². The Balaban J connectivity index is 2.90. The number of hydrogen-bond acceptors (Lipinski definition) is 9. The Bertz CT molecular complexity index is 474. The third-order valence-electron chi connectivity index (χ3n) is 3.81. The Kier molecular flexibility index (Phi) is 7.39. The maximum atomic E-state index is 12.4. The average molecular weight is 348 g/mol. The number of aliphatic hydroxyl groups is 3. The standard InChI is InChI=1S/C14H24N2O8/c1-6(4-17)16(8(3)19)13(21)7(2)23-12-10(15)14(22)24-9(5-18)11(12)20/h4,6-7,9-12,14,18,20,22H,5,15H2,1-3H3/t6?,7?,9-,10-,11-,12-,14+/m1/s1. The van der Waals surface area contributed by atoms with Crippen molar-refractivity contribution >= 4 is 18.1 Å². The van der Waals surface area contributed by atoms with Crippen LogP contribution in [0.4, 0.5) is 0 Å². The van der Waals surface area contributed by atoms with E-state index in [1.165, 1.54) is 13.8 Å². The predicted octanol–water partition coefficient (Wildman–Crippen LogP) is -2.88. The number of carbonyl (C=O) groups excluding carboxylic acids is 3. The molecule has 5 N–H and O–H groups in total. The SMILES string of the molecule is CC(=O)N(C(=O)C(C)O[C@@H]1[C@@H](N)[C@@H](O)O[C@H](CO)[C@H]1O)C(C)C=O. The zero-order valence-electron chi connectivity index (χ0n) is 13.7. The van der Waals surface area contributed by atoms with Crippen molar-refractivity contribution in [3.8, 4) is 0 Å². The second-order valence-electron chi connectivity index (χ2n) is 5.66. The van der Waals surface area contributed by atoms with E-state index in [4.69, 9.17) is 20.3 Å². The zero-order valence-corrected chi connectivity index (χ0v) is 13.7. The second kappa shape index (κ2) is 8.60. The van der Waals surface area contributed by atoms with Crippen molar-refractivity contribution in [2.24, 2.45) is 5.73 Å². The van der Waals surface area contributed by atoms with Crippen molar-refractivity contribution in [1.82, 2.24) is 4.90 Å². The average Bonchev–Trinajstić information content (AvgIpc) is 2.53. The third-order valence-corrected chi connectivity index (χ3v) is 3.81. The maximum Gasteiger partial charge on any atom is 0.258 e. The third kappa shape index (κ3) is 4.35. The van der Waals surface area contributed by atoms with Crippen LogP contribution in [0.1, 0.15) is 20.8 Å². The molecular formula is C14H24N2O8. The lowest BCUT2D eigenvalue weighted by molar-refractivity contribution is -0.262. The molecule has 0 aliphatic carbocycles. The molecule has 10 heteroatoms. The quantitative estimate of drug-likeness (QED) is 0.370. The van der Waals surface area contributed by atoms with Gasteiger partial charge >= 0.3 is 0 Å². The molecule has 0 spiro atoms. The lowest BCUT2D eigenvalue weighted by Gasteiger charge is -2.41. The van der Waals surface area contributed by atoms with Gasteiger partial charge < -0.3 is 35.3 Å². The number of nitrogens with two attached hydrogens (primary N) is 1. The van der Waals surface area contributed by atoms with Crippen LogP contribution in [0.15, 0.2) is 0 Å². The minimum atomic E-state index is -1.50. The van der Waals surface area contributed by atoms with Crippen LogP contribution in [0.5, 0.6) is 0 Å². The minimum Gasteiger partial charge on any atom is -0.394 e. The summed E-state index contributed by atoms with van der Waals surface area (Å²) in [5, 5.41) is 28.9. The molecule has 24 heavy (non-hydrogen) atoms. The van der Waals surface area contributed by atoms with Gasteiger partial charge in [0.2, 0.25) is 5.91 Å². The second-order valence-corrected chi connectivity index (χ2v) is 5.66. The fraction of sp³-hybridized carbons (Fsp3) is 0.786. The maximum absolute atomic E-state index is 12.4. The first kappa shape index (κ1) is 20.6. The first-order valence-electron chi connectivity index (χ1n) is 7.48. The Morgan fingerprint density at radius 3 is 2.42 bits per heavy atom. The van der Waals surface area contributed by atoms with Crippen LogP contribution in [-0.2, 0) is 23.9 Å². The van der Waals surface area contributed by atoms with Gasteiger partial charge in [-0.05, 0) is 13.8 Å². The van der Waals surface area contributed by atoms with E-state index >= 15 is 0 Å². The lowest BCUT2D eigenvalue weighted by atomic mass is 9.97. The lowest BCUT2D eigenvalue weighted by Crippen LogP contribution is -2.64. The van der Waals surface area contributed by atoms with Gasteiger partial charge in [-0.2, -0.15) is 0 Å². The van der Waals surface area contributed by atoms with E-state index in [1.54, 1.807) is 0 Å². The molecule has 1 aliphatic heterocycles. The molecule has 10 nitrogen and oxygen atoms in total. The van der Waals surface area contributed by atoms with E-state index < -0.39 is 61.2 Å². The summed E-state index contributed by atoms with van der Waals surface area (Å²) in [6.45, 7) is 3.24. The van der Waals surface area contributed by atoms with Gasteiger partial charge in [-0.3, -0.25) is 14.5 Å². The summed E-state index contributed by atoms with van der Waals surface area (Å²) in [5.74, 6) is -1.43. The molecule has 1 aliphatic rings. The van der Waals surface area contributed by atoms with E-state index in [0.717, 1.165) is 11.8 Å². The van der Waals surface area contributed by atoms with Gasteiger partial charge in [-0.25, -0.2) is 0 Å². The van der Waals surface area contributed by atoms with Gasteiger partial charge in [-0.1, -0.05) is 0 Å². The molecule has 7 atom stereocenters. The van der Waals surface area contributed by atoms with Crippen LogP contribution < -0.4 is 5.73 Å². The summed E-state index contributed by atoms with van der Waals surface area (Å²) >= 11 is 0. The highest BCUT2D eigenvalue weighted by molar-refractivity contribution is 5.98. The molecule has 2 unspecified atom stereocenters. The van der Waals surface area contributed by atoms with Crippen molar-refractivity contribution in [1.29, 1.82) is 0 Å². The van der Waals surface area contributed by atoms with Gasteiger partial charge in [0.05, 0.1) is 18.7 Å². The molecule has 1 saturated heterocycles. The monoisotopic (exact) mass is 348 g/mol. The number of hydrogen-bond donors (Lipinski definition) is 4. The number of imide groups is 1. The van der Waals surface area contributed by atoms with Crippen molar-refractivity contribution in [3.05, 3.63) is 0 Å². The Morgan fingerprint density at radius 2 is 1.96 bits per heavy atom. The molecule has 0 aromatic rings. The molecule has 1 fully saturated rings. The Hall–Kier alpha value is -1.43. The molecule has 0 bridgehead atoms. The first-order chi connectivity index (χ1) is 11.1. The summed E-state index contributed by atoms with van der Waals surface area (Å²) in [7, 11) is 0. The van der Waals surface area contributed by atoms with E-state index in [9.17, 15) is 24.6 Å². The molecular weight excluding hydrogens is 324 g/mol. The number of nitrogens with zero attached hydrogens (tertiary/aromatic N) is 1. The highest BCUT2D eigenvalue weighted by atomic mass is 16.6. The summed E-state index contributed by atoms with van der Waals surface area (Å²) in [4.78, 5) is 35.5. The van der Waals surface area contributed by atoms with Crippen LogP contribution in [0.3, 0.4) is 0 Å². The molecule has 1 heterocycles. The number of rotatable bonds is 6. The van der Waals surface area contributed by atoms with E-state index in [0.29, 0.717) is 6.29 Å². The zero-order chi connectivity index (χ0) is 18.6. The highest BCUT2D eigenvalue weighted by Gasteiger charge is 2.45. The van der Waals surface area contributed by atoms with Crippen LogP contribution in [-0.4, -0.2) is 87.7 Å². The Labute approximate surface area is 139 Å². The molecule has 1 rings (SSSR count). The Morgan fingerprint density at radius 1 is 1.38 bits per heavy atom. The van der Waals surface area contributed by atoms with Crippen molar-refractivity contribution in [2.75, 3.05) is 6.61 Å². The van der Waals surface area contributed by atoms with Crippen LogP contribution >= 0.6 is 0 Å². The van der Waals surface area contributed by atoms with Gasteiger partial charge in [-0.15, -0.1) is 0 Å². The fourth-order valence-electron chi connectivity index (χ4n) is 2.47. The van der Waals surface area contributed by atoms with Crippen molar-refractivity contribution < 1.29 is 39.2 Å². The van der Waals surface area contributed by atoms with E-state index in [-0.39, 0.29) is 0 Å². The molecule has 0 saturated carbocycles. The van der Waals surface area contributed by atoms with Gasteiger partial charge in [0.15, 0.2) is 6.29 Å². The van der Waals surface area contributed by atoms with Gasteiger partial charge in [0.1, 0.15) is 30.7 Å². The van der Waals surface area contributed by atoms with Crippen LogP contribution in [0, 0.1) is 0 Å². The van der Waals surface area contributed by atoms with Crippen molar-refractivity contribution in [3.63, 3.8) is 0 Å². The number of aldehydes is 1. The van der Waals surface area contributed by atoms with Crippen LogP contribution in [0.25, 0.3) is 0 Å². The molecule has 0 aromatic carbocycles. The number of carbonyl (C=O) groups is 3. The number of aliphatic hydroxyl groups excluding tert-OH is 3.